The number of ether oxygens (including phenoxy) is 2. The van der Waals surface area contributed by atoms with Crippen molar-refractivity contribution in [3.63, 3.8) is 0 Å². The third-order valence-electron chi connectivity index (χ3n) is 4.88. The Kier molecular flexibility index (Phi) is 6.90. The first-order valence-corrected chi connectivity index (χ1v) is 11.5. The lowest BCUT2D eigenvalue weighted by Crippen LogP contribution is -2.19. The van der Waals surface area contributed by atoms with E-state index in [2.05, 4.69) is 10.3 Å². The van der Waals surface area contributed by atoms with Gasteiger partial charge in [-0.05, 0) is 44.2 Å². The van der Waals surface area contributed by atoms with Crippen molar-refractivity contribution in [2.24, 2.45) is 4.99 Å². The molecule has 8 nitrogen and oxygen atoms in total. The number of furan rings is 1. The Morgan fingerprint density at radius 2 is 2.00 bits per heavy atom. The van der Waals surface area contributed by atoms with Crippen LogP contribution in [0.3, 0.4) is 0 Å². The van der Waals surface area contributed by atoms with Crippen LogP contribution < -0.4 is 14.9 Å². The van der Waals surface area contributed by atoms with Crippen molar-refractivity contribution in [3.8, 4) is 5.75 Å². The van der Waals surface area contributed by atoms with E-state index in [1.54, 1.807) is 12.1 Å². The van der Waals surface area contributed by atoms with E-state index in [1.807, 2.05) is 48.7 Å². The largest absolute Gasteiger partial charge is 0.490 e. The number of para-hydroxylation sites is 1. The van der Waals surface area contributed by atoms with Gasteiger partial charge >= 0.3 is 5.91 Å². The Morgan fingerprint density at radius 3 is 2.76 bits per heavy atom. The SMILES string of the molecule is CCOCCn1c(=NC(=O)c2cc3cccc(OCC)c3o2)sc2cc(NC(C)=O)ccc21. The number of carbonyl (C=O) groups excluding carboxylic acids is 2. The molecule has 2 aromatic heterocycles. The average molecular weight is 468 g/mol. The minimum atomic E-state index is -0.479. The minimum Gasteiger partial charge on any atom is -0.490 e. The molecule has 2 heterocycles. The zero-order valence-electron chi connectivity index (χ0n) is 18.7. The Balaban J connectivity index is 1.76. The molecule has 33 heavy (non-hydrogen) atoms. The fourth-order valence-electron chi connectivity index (χ4n) is 3.51. The molecule has 9 heteroatoms. The molecule has 0 saturated carbocycles. The maximum absolute atomic E-state index is 13.0. The lowest BCUT2D eigenvalue weighted by atomic mass is 10.2. The normalized spacial score (nSPS) is 11.9. The molecule has 0 aliphatic rings. The Bertz CT molecular complexity index is 1380. The third-order valence-corrected chi connectivity index (χ3v) is 5.92. The molecule has 0 aliphatic heterocycles. The van der Waals surface area contributed by atoms with Crippen LogP contribution in [0, 0.1) is 0 Å². The fourth-order valence-corrected chi connectivity index (χ4v) is 4.60. The summed E-state index contributed by atoms with van der Waals surface area (Å²) in [6, 6.07) is 12.8. The van der Waals surface area contributed by atoms with Crippen molar-refractivity contribution in [1.82, 2.24) is 4.57 Å². The van der Waals surface area contributed by atoms with Gasteiger partial charge in [-0.2, -0.15) is 4.99 Å². The van der Waals surface area contributed by atoms with Gasteiger partial charge in [-0.15, -0.1) is 0 Å². The number of rotatable bonds is 8. The van der Waals surface area contributed by atoms with Gasteiger partial charge in [0.05, 0.1) is 23.4 Å². The number of aromatic nitrogens is 1. The van der Waals surface area contributed by atoms with Crippen molar-refractivity contribution in [3.05, 3.63) is 53.0 Å². The predicted octanol–water partition coefficient (Wildman–Crippen LogP) is 4.58. The molecule has 0 bridgehead atoms. The van der Waals surface area contributed by atoms with Crippen LogP contribution in [0.2, 0.25) is 0 Å². The van der Waals surface area contributed by atoms with Crippen LogP contribution in [0.4, 0.5) is 5.69 Å². The van der Waals surface area contributed by atoms with E-state index in [0.717, 1.165) is 15.6 Å². The van der Waals surface area contributed by atoms with Gasteiger partial charge in [0.1, 0.15) is 0 Å². The third kappa shape index (κ3) is 4.99. The summed E-state index contributed by atoms with van der Waals surface area (Å²) in [5, 5.41) is 3.56. The molecule has 2 amide bonds. The van der Waals surface area contributed by atoms with Crippen molar-refractivity contribution in [2.75, 3.05) is 25.1 Å². The number of nitrogens with zero attached hydrogens (tertiary/aromatic N) is 2. The number of amides is 2. The molecule has 172 valence electrons. The van der Waals surface area contributed by atoms with Gasteiger partial charge in [0, 0.05) is 31.1 Å². The van der Waals surface area contributed by atoms with Gasteiger partial charge in [-0.1, -0.05) is 23.5 Å². The zero-order chi connectivity index (χ0) is 23.4. The quantitative estimate of drug-likeness (QED) is 0.383. The summed E-state index contributed by atoms with van der Waals surface area (Å²) in [5.74, 6) is 0.108. The molecule has 0 spiro atoms. The van der Waals surface area contributed by atoms with Gasteiger partial charge in [0.2, 0.25) is 5.91 Å². The second-order valence-corrected chi connectivity index (χ2v) is 8.24. The van der Waals surface area contributed by atoms with E-state index < -0.39 is 5.91 Å². The van der Waals surface area contributed by atoms with Gasteiger partial charge in [0.25, 0.3) is 0 Å². The highest BCUT2D eigenvalue weighted by atomic mass is 32.1. The summed E-state index contributed by atoms with van der Waals surface area (Å²) in [5.41, 5.74) is 2.12. The van der Waals surface area contributed by atoms with Gasteiger partial charge in [0.15, 0.2) is 21.9 Å². The van der Waals surface area contributed by atoms with Crippen LogP contribution in [0.5, 0.6) is 5.75 Å². The maximum Gasteiger partial charge on any atom is 0.315 e. The van der Waals surface area contributed by atoms with E-state index in [-0.39, 0.29) is 11.7 Å². The maximum atomic E-state index is 13.0. The number of thiazole rings is 1. The fraction of sp³-hybridized carbons (Fsp3) is 0.292. The average Bonchev–Trinajstić information content (AvgIpc) is 3.36. The van der Waals surface area contributed by atoms with Gasteiger partial charge < -0.3 is 23.8 Å². The first kappa shape index (κ1) is 22.8. The summed E-state index contributed by atoms with van der Waals surface area (Å²) < 4.78 is 19.8. The number of benzene rings is 2. The molecule has 0 saturated heterocycles. The number of carbonyl (C=O) groups is 2. The Labute approximate surface area is 194 Å². The first-order chi connectivity index (χ1) is 16.0. The molecule has 2 aromatic carbocycles. The summed E-state index contributed by atoms with van der Waals surface area (Å²) in [6.45, 7) is 7.40. The van der Waals surface area contributed by atoms with Crippen LogP contribution in [-0.4, -0.2) is 36.2 Å². The first-order valence-electron chi connectivity index (χ1n) is 10.7. The van der Waals surface area contributed by atoms with E-state index in [4.69, 9.17) is 13.9 Å². The second kappa shape index (κ2) is 10.0. The highest BCUT2D eigenvalue weighted by Gasteiger charge is 2.16. The molecule has 0 radical (unpaired) electrons. The van der Waals surface area contributed by atoms with E-state index >= 15 is 0 Å². The van der Waals surface area contributed by atoms with Crippen LogP contribution in [-0.2, 0) is 16.1 Å². The van der Waals surface area contributed by atoms with Crippen molar-refractivity contribution >= 4 is 50.0 Å². The standard InChI is InChI=1S/C24H25N3O5S/c1-4-30-12-11-27-18-10-9-17(25-15(3)28)14-21(18)33-24(27)26-23(29)20-13-16-7-6-8-19(31-5-2)22(16)32-20/h6-10,13-14H,4-5,11-12H2,1-3H3,(H,25,28). The van der Waals surface area contributed by atoms with Crippen LogP contribution in [0.25, 0.3) is 21.2 Å². The molecule has 0 atom stereocenters. The predicted molar refractivity (Wildman–Crippen MR) is 128 cm³/mol. The summed E-state index contributed by atoms with van der Waals surface area (Å²) >= 11 is 1.37. The zero-order valence-corrected chi connectivity index (χ0v) is 19.5. The molecule has 1 N–H and O–H groups in total. The van der Waals surface area contributed by atoms with E-state index in [0.29, 0.717) is 48.2 Å². The van der Waals surface area contributed by atoms with Gasteiger partial charge in [-0.25, -0.2) is 0 Å². The molecule has 4 rings (SSSR count). The number of hydrogen-bond donors (Lipinski definition) is 1. The van der Waals surface area contributed by atoms with E-state index in [1.165, 1.54) is 18.3 Å². The molecular formula is C24H25N3O5S. The van der Waals surface area contributed by atoms with E-state index in [9.17, 15) is 9.59 Å². The minimum absolute atomic E-state index is 0.143. The summed E-state index contributed by atoms with van der Waals surface area (Å²) in [6.07, 6.45) is 0. The number of anilines is 1. The highest BCUT2D eigenvalue weighted by molar-refractivity contribution is 7.16. The van der Waals surface area contributed by atoms with Gasteiger partial charge in [-0.3, -0.25) is 9.59 Å². The molecule has 0 unspecified atom stereocenters. The summed E-state index contributed by atoms with van der Waals surface area (Å²) in [4.78, 5) is 29.4. The second-order valence-electron chi connectivity index (χ2n) is 7.23. The Hall–Kier alpha value is -3.43. The molecule has 0 fully saturated rings. The van der Waals surface area contributed by atoms with Crippen LogP contribution in [0.1, 0.15) is 31.3 Å². The lowest BCUT2D eigenvalue weighted by Gasteiger charge is -2.06. The number of fused-ring (bicyclic) bond motifs is 2. The monoisotopic (exact) mass is 467 g/mol. The molecule has 4 aromatic rings. The van der Waals surface area contributed by atoms with Crippen LogP contribution in [0.15, 0.2) is 51.9 Å². The van der Waals surface area contributed by atoms with Crippen molar-refractivity contribution < 1.29 is 23.5 Å². The smallest absolute Gasteiger partial charge is 0.315 e. The number of hydrogen-bond acceptors (Lipinski definition) is 6. The highest BCUT2D eigenvalue weighted by Crippen LogP contribution is 2.29. The molecular weight excluding hydrogens is 442 g/mol. The lowest BCUT2D eigenvalue weighted by molar-refractivity contribution is -0.114. The number of nitrogens with one attached hydrogen (secondary N) is 1. The summed E-state index contributed by atoms with van der Waals surface area (Å²) in [7, 11) is 0. The molecule has 0 aliphatic carbocycles. The Morgan fingerprint density at radius 1 is 1.15 bits per heavy atom. The van der Waals surface area contributed by atoms with Crippen molar-refractivity contribution in [2.45, 2.75) is 27.3 Å². The van der Waals surface area contributed by atoms with Crippen LogP contribution >= 0.6 is 11.3 Å². The van der Waals surface area contributed by atoms with Crippen molar-refractivity contribution in [1.29, 1.82) is 0 Å². The topological polar surface area (TPSA) is 95.1 Å².